The van der Waals surface area contributed by atoms with E-state index in [0.717, 1.165) is 35.6 Å². The summed E-state index contributed by atoms with van der Waals surface area (Å²) in [6.45, 7) is 8.18. The SMILES string of the molecule is CCc1nnc(NCc2nc(C)c(C)o2)c(C#N)c1CC. The minimum absolute atomic E-state index is 0.382. The van der Waals surface area contributed by atoms with E-state index in [4.69, 9.17) is 4.42 Å². The molecule has 0 saturated heterocycles. The molecule has 0 aromatic carbocycles. The molecule has 0 atom stereocenters. The molecule has 0 spiro atoms. The van der Waals surface area contributed by atoms with E-state index in [0.29, 0.717) is 23.8 Å². The van der Waals surface area contributed by atoms with Crippen molar-refractivity contribution < 1.29 is 4.42 Å². The van der Waals surface area contributed by atoms with Gasteiger partial charge in [-0.25, -0.2) is 4.98 Å². The first-order chi connectivity index (χ1) is 10.1. The Morgan fingerprint density at radius 1 is 1.19 bits per heavy atom. The summed E-state index contributed by atoms with van der Waals surface area (Å²) in [5, 5.41) is 20.8. The lowest BCUT2D eigenvalue weighted by atomic mass is 10.0. The summed E-state index contributed by atoms with van der Waals surface area (Å²) in [4.78, 5) is 4.30. The van der Waals surface area contributed by atoms with Gasteiger partial charge in [0.05, 0.1) is 17.9 Å². The Morgan fingerprint density at radius 3 is 2.48 bits per heavy atom. The Labute approximate surface area is 124 Å². The molecule has 0 aliphatic rings. The third-order valence-electron chi connectivity index (χ3n) is 3.44. The van der Waals surface area contributed by atoms with E-state index in [1.54, 1.807) is 0 Å². The van der Waals surface area contributed by atoms with Gasteiger partial charge in [-0.2, -0.15) is 10.4 Å². The third kappa shape index (κ3) is 3.02. The number of hydrogen-bond acceptors (Lipinski definition) is 6. The summed E-state index contributed by atoms with van der Waals surface area (Å²) in [6, 6.07) is 2.23. The fourth-order valence-electron chi connectivity index (χ4n) is 2.19. The number of aromatic nitrogens is 3. The van der Waals surface area contributed by atoms with Crippen LogP contribution in [0.5, 0.6) is 0 Å². The predicted octanol–water partition coefficient (Wildman–Crippen LogP) is 2.69. The number of hydrogen-bond donors (Lipinski definition) is 1. The van der Waals surface area contributed by atoms with Crippen molar-refractivity contribution in [3.63, 3.8) is 0 Å². The number of nitrogens with zero attached hydrogens (tertiary/aromatic N) is 4. The molecule has 0 aliphatic carbocycles. The highest BCUT2D eigenvalue weighted by molar-refractivity contribution is 5.56. The van der Waals surface area contributed by atoms with Gasteiger partial charge in [0, 0.05) is 0 Å². The van der Waals surface area contributed by atoms with Crippen LogP contribution in [0.25, 0.3) is 0 Å². The first-order valence-electron chi connectivity index (χ1n) is 7.05. The van der Waals surface area contributed by atoms with Gasteiger partial charge in [-0.3, -0.25) is 0 Å². The lowest BCUT2D eigenvalue weighted by Gasteiger charge is -2.10. The van der Waals surface area contributed by atoms with Gasteiger partial charge in [-0.15, -0.1) is 5.10 Å². The molecular weight excluding hydrogens is 266 g/mol. The zero-order valence-electron chi connectivity index (χ0n) is 12.8. The van der Waals surface area contributed by atoms with Crippen LogP contribution in [0.15, 0.2) is 4.42 Å². The van der Waals surface area contributed by atoms with Crippen LogP contribution in [0.4, 0.5) is 5.82 Å². The van der Waals surface area contributed by atoms with Crippen molar-refractivity contribution >= 4 is 5.82 Å². The third-order valence-corrected chi connectivity index (χ3v) is 3.44. The molecular formula is C15H19N5O. The Morgan fingerprint density at radius 2 is 1.95 bits per heavy atom. The number of rotatable bonds is 5. The molecule has 0 aliphatic heterocycles. The largest absolute Gasteiger partial charge is 0.444 e. The first kappa shape index (κ1) is 15.0. The van der Waals surface area contributed by atoms with Crippen LogP contribution < -0.4 is 5.32 Å². The number of nitriles is 1. The predicted molar refractivity (Wildman–Crippen MR) is 78.8 cm³/mol. The second-order valence-electron chi connectivity index (χ2n) is 4.77. The maximum Gasteiger partial charge on any atom is 0.213 e. The topological polar surface area (TPSA) is 87.6 Å². The number of anilines is 1. The van der Waals surface area contributed by atoms with Gasteiger partial charge in [-0.05, 0) is 32.3 Å². The molecule has 0 unspecified atom stereocenters. The van der Waals surface area contributed by atoms with Crippen LogP contribution in [0.2, 0.25) is 0 Å². The lowest BCUT2D eigenvalue weighted by molar-refractivity contribution is 0.478. The molecule has 1 N–H and O–H groups in total. The molecule has 0 fully saturated rings. The van der Waals surface area contributed by atoms with E-state index in [9.17, 15) is 5.26 Å². The molecule has 2 heterocycles. The molecule has 0 bridgehead atoms. The molecule has 0 saturated carbocycles. The average molecular weight is 285 g/mol. The monoisotopic (exact) mass is 285 g/mol. The van der Waals surface area contributed by atoms with Gasteiger partial charge in [0.15, 0.2) is 5.82 Å². The highest BCUT2D eigenvalue weighted by atomic mass is 16.4. The molecule has 2 aromatic heterocycles. The van der Waals surface area contributed by atoms with Crippen molar-refractivity contribution in [2.24, 2.45) is 0 Å². The Bertz CT molecular complexity index is 665. The van der Waals surface area contributed by atoms with Crippen molar-refractivity contribution in [1.29, 1.82) is 5.26 Å². The number of nitrogens with one attached hydrogen (secondary N) is 1. The number of oxazole rings is 1. The van der Waals surface area contributed by atoms with Crippen LogP contribution >= 0.6 is 0 Å². The first-order valence-corrected chi connectivity index (χ1v) is 7.05. The van der Waals surface area contributed by atoms with Gasteiger partial charge in [0.25, 0.3) is 0 Å². The van der Waals surface area contributed by atoms with Gasteiger partial charge < -0.3 is 9.73 Å². The van der Waals surface area contributed by atoms with Crippen molar-refractivity contribution in [3.05, 3.63) is 34.2 Å². The second-order valence-corrected chi connectivity index (χ2v) is 4.77. The van der Waals surface area contributed by atoms with Crippen LogP contribution in [0.1, 0.15) is 48.0 Å². The zero-order valence-corrected chi connectivity index (χ0v) is 12.8. The molecule has 6 heteroatoms. The summed E-state index contributed by atoms with van der Waals surface area (Å²) in [5.74, 6) is 1.86. The van der Waals surface area contributed by atoms with E-state index in [1.165, 1.54) is 0 Å². The smallest absolute Gasteiger partial charge is 0.213 e. The van der Waals surface area contributed by atoms with Crippen molar-refractivity contribution in [1.82, 2.24) is 15.2 Å². The van der Waals surface area contributed by atoms with Crippen LogP contribution in [0, 0.1) is 25.2 Å². The Kier molecular flexibility index (Phi) is 4.53. The van der Waals surface area contributed by atoms with Crippen LogP contribution in [0.3, 0.4) is 0 Å². The summed E-state index contributed by atoms with van der Waals surface area (Å²) in [5.41, 5.74) is 3.26. The van der Waals surface area contributed by atoms with Gasteiger partial charge in [0.2, 0.25) is 5.89 Å². The Balaban J connectivity index is 2.26. The molecule has 21 heavy (non-hydrogen) atoms. The van der Waals surface area contributed by atoms with Gasteiger partial charge in [-0.1, -0.05) is 13.8 Å². The molecule has 110 valence electrons. The van der Waals surface area contributed by atoms with E-state index >= 15 is 0 Å². The van der Waals surface area contributed by atoms with E-state index < -0.39 is 0 Å². The Hall–Kier alpha value is -2.42. The normalized spacial score (nSPS) is 10.4. The van der Waals surface area contributed by atoms with E-state index in [-0.39, 0.29) is 0 Å². The quantitative estimate of drug-likeness (QED) is 0.908. The molecule has 6 nitrogen and oxygen atoms in total. The zero-order chi connectivity index (χ0) is 15.4. The molecule has 2 rings (SSSR count). The molecule has 0 radical (unpaired) electrons. The van der Waals surface area contributed by atoms with Crippen molar-refractivity contribution in [2.45, 2.75) is 47.1 Å². The number of aryl methyl sites for hydroxylation is 3. The van der Waals surface area contributed by atoms with Crippen molar-refractivity contribution in [3.8, 4) is 6.07 Å². The minimum Gasteiger partial charge on any atom is -0.444 e. The molecule has 0 amide bonds. The summed E-state index contributed by atoms with van der Waals surface area (Å²) < 4.78 is 5.51. The summed E-state index contributed by atoms with van der Waals surface area (Å²) in [7, 11) is 0. The maximum atomic E-state index is 9.40. The van der Waals surface area contributed by atoms with E-state index in [2.05, 4.69) is 26.6 Å². The van der Waals surface area contributed by atoms with Gasteiger partial charge >= 0.3 is 0 Å². The van der Waals surface area contributed by atoms with Crippen molar-refractivity contribution in [2.75, 3.05) is 5.32 Å². The minimum atomic E-state index is 0.382. The standard InChI is InChI=1S/C15H19N5O/c1-5-11-12(7-16)15(20-19-13(11)6-2)17-8-14-18-9(3)10(4)21-14/h5-6,8H2,1-4H3,(H,17,20). The highest BCUT2D eigenvalue weighted by Gasteiger charge is 2.15. The lowest BCUT2D eigenvalue weighted by Crippen LogP contribution is -2.10. The fraction of sp³-hybridized carbons (Fsp3) is 0.467. The molecule has 2 aromatic rings. The maximum absolute atomic E-state index is 9.40. The van der Waals surface area contributed by atoms with Crippen LogP contribution in [-0.2, 0) is 19.4 Å². The van der Waals surface area contributed by atoms with E-state index in [1.807, 2.05) is 27.7 Å². The van der Waals surface area contributed by atoms with Gasteiger partial charge in [0.1, 0.15) is 17.4 Å². The second kappa shape index (κ2) is 6.35. The highest BCUT2D eigenvalue weighted by Crippen LogP contribution is 2.20. The average Bonchev–Trinajstić information content (AvgIpc) is 2.82. The van der Waals surface area contributed by atoms with Crippen LogP contribution in [-0.4, -0.2) is 15.2 Å². The summed E-state index contributed by atoms with van der Waals surface area (Å²) >= 11 is 0. The fourth-order valence-corrected chi connectivity index (χ4v) is 2.19. The summed E-state index contributed by atoms with van der Waals surface area (Å²) in [6.07, 6.45) is 1.52.